The molecule has 3 heterocycles. The SMILES string of the molecule is Cc1c2c(=O)[nH]c3ccc([N+](=O)[O-])cc3c2nn1C1CCCCO1. The van der Waals surface area contributed by atoms with Gasteiger partial charge in [0, 0.05) is 24.1 Å². The summed E-state index contributed by atoms with van der Waals surface area (Å²) in [6.45, 7) is 2.49. The summed E-state index contributed by atoms with van der Waals surface area (Å²) < 4.78 is 7.50. The smallest absolute Gasteiger partial charge is 0.270 e. The number of hydrogen-bond donors (Lipinski definition) is 1. The van der Waals surface area contributed by atoms with Crippen LogP contribution in [0.5, 0.6) is 0 Å². The van der Waals surface area contributed by atoms with Gasteiger partial charge in [-0.15, -0.1) is 0 Å². The average Bonchev–Trinajstić information content (AvgIpc) is 2.94. The second-order valence-electron chi connectivity index (χ2n) is 6.02. The zero-order chi connectivity index (χ0) is 16.8. The molecule has 1 unspecified atom stereocenters. The molecule has 1 saturated heterocycles. The van der Waals surface area contributed by atoms with Gasteiger partial charge in [0.25, 0.3) is 11.2 Å². The molecule has 0 spiro atoms. The molecule has 3 aromatic rings. The van der Waals surface area contributed by atoms with Crippen molar-refractivity contribution in [2.45, 2.75) is 32.4 Å². The molecule has 4 rings (SSSR count). The minimum absolute atomic E-state index is 0.0306. The fourth-order valence-electron chi connectivity index (χ4n) is 3.31. The van der Waals surface area contributed by atoms with E-state index in [1.807, 2.05) is 6.92 Å². The molecular weight excluding hydrogens is 312 g/mol. The van der Waals surface area contributed by atoms with Gasteiger partial charge < -0.3 is 9.72 Å². The van der Waals surface area contributed by atoms with Crippen molar-refractivity contribution < 1.29 is 9.66 Å². The van der Waals surface area contributed by atoms with Crippen molar-refractivity contribution in [3.8, 4) is 0 Å². The van der Waals surface area contributed by atoms with Gasteiger partial charge in [-0.1, -0.05) is 0 Å². The van der Waals surface area contributed by atoms with Gasteiger partial charge in [-0.3, -0.25) is 14.9 Å². The number of nitro groups is 1. The maximum absolute atomic E-state index is 12.4. The molecule has 1 fully saturated rings. The van der Waals surface area contributed by atoms with Gasteiger partial charge in [-0.2, -0.15) is 5.10 Å². The van der Waals surface area contributed by atoms with Crippen LogP contribution in [0.1, 0.15) is 31.2 Å². The molecule has 1 atom stereocenters. The van der Waals surface area contributed by atoms with E-state index in [1.54, 1.807) is 10.7 Å². The number of pyridine rings is 1. The van der Waals surface area contributed by atoms with E-state index in [0.29, 0.717) is 34.1 Å². The molecule has 2 aromatic heterocycles. The van der Waals surface area contributed by atoms with Crippen LogP contribution in [0.15, 0.2) is 23.0 Å². The Morgan fingerprint density at radius 1 is 1.42 bits per heavy atom. The van der Waals surface area contributed by atoms with Crippen LogP contribution in [0.25, 0.3) is 21.8 Å². The third-order valence-electron chi connectivity index (χ3n) is 4.52. The van der Waals surface area contributed by atoms with Crippen LogP contribution in [0.4, 0.5) is 5.69 Å². The standard InChI is InChI=1S/C16H16N4O4/c1-9-14-15(18-19(9)13-4-2-3-7-24-13)11-8-10(20(22)23)5-6-12(11)17-16(14)21/h5-6,8,13H,2-4,7H2,1H3,(H,17,21). The highest BCUT2D eigenvalue weighted by Crippen LogP contribution is 2.30. The summed E-state index contributed by atoms with van der Waals surface area (Å²) in [5, 5.41) is 16.7. The second kappa shape index (κ2) is 5.41. The Morgan fingerprint density at radius 2 is 2.25 bits per heavy atom. The zero-order valence-electron chi connectivity index (χ0n) is 13.1. The lowest BCUT2D eigenvalue weighted by molar-refractivity contribution is -0.384. The Bertz CT molecular complexity index is 1010. The summed E-state index contributed by atoms with van der Waals surface area (Å²) in [4.78, 5) is 25.8. The topological polar surface area (TPSA) is 103 Å². The third-order valence-corrected chi connectivity index (χ3v) is 4.52. The van der Waals surface area contributed by atoms with Gasteiger partial charge >= 0.3 is 0 Å². The van der Waals surface area contributed by atoms with E-state index in [9.17, 15) is 14.9 Å². The first-order chi connectivity index (χ1) is 11.6. The molecule has 8 heteroatoms. The Kier molecular flexibility index (Phi) is 3.34. The molecule has 8 nitrogen and oxygen atoms in total. The van der Waals surface area contributed by atoms with Gasteiger partial charge in [-0.05, 0) is 32.3 Å². The largest absolute Gasteiger partial charge is 0.357 e. The van der Waals surface area contributed by atoms with E-state index in [2.05, 4.69) is 10.1 Å². The lowest BCUT2D eigenvalue weighted by Crippen LogP contribution is -2.20. The average molecular weight is 328 g/mol. The number of rotatable bonds is 2. The fraction of sp³-hybridized carbons (Fsp3) is 0.375. The molecule has 0 saturated carbocycles. The molecule has 0 radical (unpaired) electrons. The number of nitrogens with one attached hydrogen (secondary N) is 1. The number of aromatic amines is 1. The number of fused-ring (bicyclic) bond motifs is 3. The molecule has 1 aliphatic heterocycles. The highest BCUT2D eigenvalue weighted by Gasteiger charge is 2.23. The van der Waals surface area contributed by atoms with Crippen LogP contribution < -0.4 is 5.56 Å². The van der Waals surface area contributed by atoms with E-state index in [4.69, 9.17) is 4.74 Å². The lowest BCUT2D eigenvalue weighted by atomic mass is 10.1. The number of aromatic nitrogens is 3. The van der Waals surface area contributed by atoms with Crippen LogP contribution in [-0.2, 0) is 4.74 Å². The van der Waals surface area contributed by atoms with E-state index >= 15 is 0 Å². The van der Waals surface area contributed by atoms with Crippen molar-refractivity contribution >= 4 is 27.5 Å². The number of nitrogens with zero attached hydrogens (tertiary/aromatic N) is 3. The van der Waals surface area contributed by atoms with Gasteiger partial charge in [-0.25, -0.2) is 4.68 Å². The number of ether oxygens (including phenoxy) is 1. The van der Waals surface area contributed by atoms with Crippen molar-refractivity contribution in [3.05, 3.63) is 44.4 Å². The number of benzene rings is 1. The fourth-order valence-corrected chi connectivity index (χ4v) is 3.31. The van der Waals surface area contributed by atoms with Crippen molar-refractivity contribution in [1.29, 1.82) is 0 Å². The molecular formula is C16H16N4O4. The van der Waals surface area contributed by atoms with Crippen LogP contribution in [0, 0.1) is 17.0 Å². The minimum atomic E-state index is -0.454. The molecule has 24 heavy (non-hydrogen) atoms. The molecule has 124 valence electrons. The Hall–Kier alpha value is -2.74. The summed E-state index contributed by atoms with van der Waals surface area (Å²) >= 11 is 0. The van der Waals surface area contributed by atoms with Crippen LogP contribution in [0.2, 0.25) is 0 Å². The van der Waals surface area contributed by atoms with Crippen molar-refractivity contribution in [2.24, 2.45) is 0 Å². The normalized spacial score (nSPS) is 18.3. The van der Waals surface area contributed by atoms with E-state index in [-0.39, 0.29) is 17.5 Å². The Balaban J connectivity index is 2.01. The summed E-state index contributed by atoms with van der Waals surface area (Å²) in [7, 11) is 0. The van der Waals surface area contributed by atoms with Crippen molar-refractivity contribution in [1.82, 2.24) is 14.8 Å². The highest BCUT2D eigenvalue weighted by atomic mass is 16.6. The lowest BCUT2D eigenvalue weighted by Gasteiger charge is -2.23. The molecule has 0 bridgehead atoms. The van der Waals surface area contributed by atoms with E-state index in [1.165, 1.54) is 12.1 Å². The molecule has 1 N–H and O–H groups in total. The maximum Gasteiger partial charge on any atom is 0.270 e. The minimum Gasteiger partial charge on any atom is -0.357 e. The number of aryl methyl sites for hydroxylation is 1. The number of non-ortho nitro benzene ring substituents is 1. The first kappa shape index (κ1) is 14.8. The monoisotopic (exact) mass is 328 g/mol. The van der Waals surface area contributed by atoms with E-state index in [0.717, 1.165) is 19.3 Å². The third kappa shape index (κ3) is 2.18. The predicted octanol–water partition coefficient (Wildman–Crippen LogP) is 2.79. The Labute approximate surface area is 136 Å². The summed E-state index contributed by atoms with van der Waals surface area (Å²) in [5.41, 5.74) is 1.45. The number of H-pyrrole nitrogens is 1. The first-order valence-electron chi connectivity index (χ1n) is 7.87. The quantitative estimate of drug-likeness (QED) is 0.575. The van der Waals surface area contributed by atoms with Crippen molar-refractivity contribution in [2.75, 3.05) is 6.61 Å². The van der Waals surface area contributed by atoms with Gasteiger partial charge in [0.05, 0.1) is 21.5 Å². The van der Waals surface area contributed by atoms with E-state index < -0.39 is 4.92 Å². The van der Waals surface area contributed by atoms with Gasteiger partial charge in [0.15, 0.2) is 0 Å². The molecule has 0 aliphatic carbocycles. The highest BCUT2D eigenvalue weighted by molar-refractivity contribution is 6.04. The summed E-state index contributed by atoms with van der Waals surface area (Å²) in [6.07, 6.45) is 2.71. The number of nitro benzene ring substituents is 1. The zero-order valence-corrected chi connectivity index (χ0v) is 13.1. The summed E-state index contributed by atoms with van der Waals surface area (Å²) in [6, 6.07) is 4.37. The van der Waals surface area contributed by atoms with Crippen molar-refractivity contribution in [3.63, 3.8) is 0 Å². The molecule has 0 amide bonds. The second-order valence-corrected chi connectivity index (χ2v) is 6.02. The Morgan fingerprint density at radius 3 is 2.96 bits per heavy atom. The summed E-state index contributed by atoms with van der Waals surface area (Å²) in [5.74, 6) is 0. The molecule has 1 aliphatic rings. The molecule has 1 aromatic carbocycles. The maximum atomic E-state index is 12.4. The van der Waals surface area contributed by atoms with Crippen LogP contribution in [0.3, 0.4) is 0 Å². The van der Waals surface area contributed by atoms with Gasteiger partial charge in [0.2, 0.25) is 0 Å². The first-order valence-corrected chi connectivity index (χ1v) is 7.87. The van der Waals surface area contributed by atoms with Gasteiger partial charge in [0.1, 0.15) is 11.7 Å². The van der Waals surface area contributed by atoms with Crippen LogP contribution >= 0.6 is 0 Å². The van der Waals surface area contributed by atoms with Crippen LogP contribution in [-0.4, -0.2) is 26.3 Å². The predicted molar refractivity (Wildman–Crippen MR) is 88.1 cm³/mol. The number of hydrogen-bond acceptors (Lipinski definition) is 5.